The van der Waals surface area contributed by atoms with Crippen molar-refractivity contribution in [1.29, 1.82) is 0 Å². The van der Waals surface area contributed by atoms with E-state index in [9.17, 15) is 9.50 Å². The molecule has 0 saturated carbocycles. The molecule has 1 atom stereocenters. The molecule has 0 saturated heterocycles. The molecule has 3 heteroatoms. The summed E-state index contributed by atoms with van der Waals surface area (Å²) < 4.78 is 13.9. The number of aliphatic hydroxyl groups is 1. The van der Waals surface area contributed by atoms with Crippen molar-refractivity contribution in [3.63, 3.8) is 0 Å². The first-order valence-corrected chi connectivity index (χ1v) is 5.54. The summed E-state index contributed by atoms with van der Waals surface area (Å²) in [5, 5.41) is 9.37. The van der Waals surface area contributed by atoms with Gasteiger partial charge in [-0.05, 0) is 24.6 Å². The van der Waals surface area contributed by atoms with Gasteiger partial charge in [-0.1, -0.05) is 18.2 Å². The monoisotopic (exact) mass is 235 g/mol. The molecule has 1 unspecified atom stereocenters. The predicted molar refractivity (Wildman–Crippen MR) is 69.6 cm³/mol. The van der Waals surface area contributed by atoms with Crippen molar-refractivity contribution in [2.45, 2.75) is 13.0 Å². The van der Waals surface area contributed by atoms with E-state index in [1.54, 1.807) is 31.2 Å². The highest BCUT2D eigenvalue weighted by Crippen LogP contribution is 2.23. The molecule has 0 radical (unpaired) electrons. The van der Waals surface area contributed by atoms with Gasteiger partial charge in [0.25, 0.3) is 0 Å². The van der Waals surface area contributed by atoms with Gasteiger partial charge in [-0.2, -0.15) is 0 Å². The molecule has 0 spiro atoms. The Balaban J connectivity index is 3.03. The summed E-state index contributed by atoms with van der Waals surface area (Å²) in [6, 6.07) is 4.76. The molecule has 0 aliphatic heterocycles. The number of nitrogens with zero attached hydrogens (tertiary/aromatic N) is 1. The summed E-state index contributed by atoms with van der Waals surface area (Å²) in [7, 11) is 0. The Labute approximate surface area is 102 Å². The Bertz CT molecular complexity index is 391. The first-order chi connectivity index (χ1) is 8.10. The van der Waals surface area contributed by atoms with E-state index in [1.165, 1.54) is 6.07 Å². The number of anilines is 1. The van der Waals surface area contributed by atoms with E-state index in [4.69, 9.17) is 0 Å². The molecule has 0 heterocycles. The zero-order valence-corrected chi connectivity index (χ0v) is 10.1. The molecule has 1 rings (SSSR count). The van der Waals surface area contributed by atoms with Gasteiger partial charge < -0.3 is 10.0 Å². The number of benzene rings is 1. The fourth-order valence-electron chi connectivity index (χ4n) is 1.62. The van der Waals surface area contributed by atoms with Crippen LogP contribution in [-0.4, -0.2) is 18.2 Å². The van der Waals surface area contributed by atoms with Crippen molar-refractivity contribution in [3.8, 4) is 0 Å². The first-order valence-electron chi connectivity index (χ1n) is 5.54. The van der Waals surface area contributed by atoms with Crippen LogP contribution >= 0.6 is 0 Å². The number of hydrogen-bond donors (Lipinski definition) is 1. The van der Waals surface area contributed by atoms with Crippen LogP contribution in [0.5, 0.6) is 0 Å². The van der Waals surface area contributed by atoms with E-state index < -0.39 is 6.10 Å². The third-order valence-corrected chi connectivity index (χ3v) is 2.49. The molecular formula is C14H18FNO. The fraction of sp³-hybridized carbons (Fsp3) is 0.286. The summed E-state index contributed by atoms with van der Waals surface area (Å²) in [6.07, 6.45) is 2.77. The molecule has 0 amide bonds. The van der Waals surface area contributed by atoms with Crippen molar-refractivity contribution in [1.82, 2.24) is 0 Å². The van der Waals surface area contributed by atoms with E-state index >= 15 is 0 Å². The largest absolute Gasteiger partial charge is 0.389 e. The highest BCUT2D eigenvalue weighted by Gasteiger charge is 2.11. The van der Waals surface area contributed by atoms with E-state index in [0.29, 0.717) is 24.3 Å². The first kappa shape index (κ1) is 13.5. The number of halogens is 1. The second-order valence-electron chi connectivity index (χ2n) is 3.87. The summed E-state index contributed by atoms with van der Waals surface area (Å²) in [6.45, 7) is 10.0. The standard InChI is InChI=1S/C14H18FNO/c1-4-8-16(9-5-2)14-7-6-12(11(3)17)10-13(14)15/h4-7,10-11,17H,1-2,8-9H2,3H3. The zero-order chi connectivity index (χ0) is 12.8. The maximum Gasteiger partial charge on any atom is 0.146 e. The van der Waals surface area contributed by atoms with Crippen molar-refractivity contribution in [2.75, 3.05) is 18.0 Å². The Hall–Kier alpha value is -1.61. The number of rotatable bonds is 6. The zero-order valence-electron chi connectivity index (χ0n) is 10.1. The fourth-order valence-corrected chi connectivity index (χ4v) is 1.62. The predicted octanol–water partition coefficient (Wildman–Crippen LogP) is 3.06. The average Bonchev–Trinajstić information content (AvgIpc) is 2.28. The van der Waals surface area contributed by atoms with Gasteiger partial charge >= 0.3 is 0 Å². The van der Waals surface area contributed by atoms with Crippen LogP contribution in [0, 0.1) is 5.82 Å². The minimum absolute atomic E-state index is 0.341. The van der Waals surface area contributed by atoms with Crippen LogP contribution in [0.3, 0.4) is 0 Å². The van der Waals surface area contributed by atoms with Crippen LogP contribution in [0.1, 0.15) is 18.6 Å². The van der Waals surface area contributed by atoms with Crippen molar-refractivity contribution >= 4 is 5.69 Å². The molecule has 92 valence electrons. The molecule has 0 bridgehead atoms. The lowest BCUT2D eigenvalue weighted by Crippen LogP contribution is -2.24. The van der Waals surface area contributed by atoms with Crippen LogP contribution in [0.2, 0.25) is 0 Å². The van der Waals surface area contributed by atoms with E-state index in [1.807, 2.05) is 4.90 Å². The van der Waals surface area contributed by atoms with Crippen LogP contribution < -0.4 is 4.90 Å². The summed E-state index contributed by atoms with van der Waals surface area (Å²) in [4.78, 5) is 1.82. The molecule has 0 aliphatic carbocycles. The normalized spacial score (nSPS) is 11.9. The minimum Gasteiger partial charge on any atom is -0.389 e. The molecule has 17 heavy (non-hydrogen) atoms. The van der Waals surface area contributed by atoms with Crippen LogP contribution in [-0.2, 0) is 0 Å². The molecular weight excluding hydrogens is 217 g/mol. The van der Waals surface area contributed by atoms with Gasteiger partial charge in [-0.15, -0.1) is 13.2 Å². The topological polar surface area (TPSA) is 23.5 Å². The van der Waals surface area contributed by atoms with Crippen molar-refractivity contribution in [2.24, 2.45) is 0 Å². The van der Waals surface area contributed by atoms with Gasteiger partial charge in [-0.25, -0.2) is 4.39 Å². The number of hydrogen-bond acceptors (Lipinski definition) is 2. The quantitative estimate of drug-likeness (QED) is 0.766. The third-order valence-electron chi connectivity index (χ3n) is 2.49. The number of aliphatic hydroxyl groups excluding tert-OH is 1. The smallest absolute Gasteiger partial charge is 0.146 e. The maximum atomic E-state index is 13.9. The Morgan fingerprint density at radius 2 is 1.94 bits per heavy atom. The molecule has 1 aromatic rings. The SMILES string of the molecule is C=CCN(CC=C)c1ccc(C(C)O)cc1F. The molecule has 1 N–H and O–H groups in total. The van der Waals surface area contributed by atoms with E-state index in [2.05, 4.69) is 13.2 Å². The van der Waals surface area contributed by atoms with Gasteiger partial charge in [0.1, 0.15) is 5.82 Å². The lowest BCUT2D eigenvalue weighted by Gasteiger charge is -2.22. The maximum absolute atomic E-state index is 13.9. The summed E-state index contributed by atoms with van der Waals surface area (Å²) in [5.41, 5.74) is 1.07. The summed E-state index contributed by atoms with van der Waals surface area (Å²) >= 11 is 0. The van der Waals surface area contributed by atoms with Crippen molar-refractivity contribution in [3.05, 3.63) is 54.9 Å². The minimum atomic E-state index is -0.661. The van der Waals surface area contributed by atoms with Gasteiger partial charge in [0.2, 0.25) is 0 Å². The van der Waals surface area contributed by atoms with Crippen molar-refractivity contribution < 1.29 is 9.50 Å². The Kier molecular flexibility index (Phi) is 4.91. The van der Waals surface area contributed by atoms with Gasteiger partial charge in [0.05, 0.1) is 11.8 Å². The third kappa shape index (κ3) is 3.43. The van der Waals surface area contributed by atoms with E-state index in [-0.39, 0.29) is 5.82 Å². The van der Waals surface area contributed by atoms with E-state index in [0.717, 1.165) is 0 Å². The van der Waals surface area contributed by atoms with Crippen LogP contribution in [0.4, 0.5) is 10.1 Å². The molecule has 2 nitrogen and oxygen atoms in total. The summed E-state index contributed by atoms with van der Waals surface area (Å²) in [5.74, 6) is -0.341. The highest BCUT2D eigenvalue weighted by molar-refractivity contribution is 5.50. The Morgan fingerprint density at radius 3 is 2.35 bits per heavy atom. The lowest BCUT2D eigenvalue weighted by molar-refractivity contribution is 0.199. The van der Waals surface area contributed by atoms with Gasteiger partial charge in [0, 0.05) is 13.1 Å². The van der Waals surface area contributed by atoms with Gasteiger partial charge in [0.15, 0.2) is 0 Å². The van der Waals surface area contributed by atoms with Crippen LogP contribution in [0.25, 0.3) is 0 Å². The highest BCUT2D eigenvalue weighted by atomic mass is 19.1. The average molecular weight is 235 g/mol. The Morgan fingerprint density at radius 1 is 1.35 bits per heavy atom. The second kappa shape index (κ2) is 6.21. The van der Waals surface area contributed by atoms with Gasteiger partial charge in [-0.3, -0.25) is 0 Å². The van der Waals surface area contributed by atoms with Crippen LogP contribution in [0.15, 0.2) is 43.5 Å². The molecule has 0 aliphatic rings. The lowest BCUT2D eigenvalue weighted by atomic mass is 10.1. The second-order valence-corrected chi connectivity index (χ2v) is 3.87. The molecule has 0 fully saturated rings. The molecule has 0 aromatic heterocycles. The molecule has 1 aromatic carbocycles.